The molecule has 2 atom stereocenters. The summed E-state index contributed by atoms with van der Waals surface area (Å²) in [7, 11) is 0. The van der Waals surface area contributed by atoms with Crippen LogP contribution in [-0.4, -0.2) is 59.3 Å². The second-order valence-electron chi connectivity index (χ2n) is 9.54. The second kappa shape index (κ2) is 8.78. The van der Waals surface area contributed by atoms with E-state index < -0.39 is 10.8 Å². The van der Waals surface area contributed by atoms with Crippen molar-refractivity contribution in [3.05, 3.63) is 105 Å². The van der Waals surface area contributed by atoms with Crippen molar-refractivity contribution in [2.45, 2.75) is 18.4 Å². The smallest absolute Gasteiger partial charge is 0.269 e. The number of benzene rings is 3. The summed E-state index contributed by atoms with van der Waals surface area (Å²) in [5.74, 6) is -0.409. The predicted molar refractivity (Wildman–Crippen MR) is 135 cm³/mol. The molecule has 8 nitrogen and oxygen atoms in total. The molecule has 8 heteroatoms. The van der Waals surface area contributed by atoms with Crippen molar-refractivity contribution in [2.75, 3.05) is 37.6 Å². The van der Waals surface area contributed by atoms with Gasteiger partial charge in [0.25, 0.3) is 11.6 Å². The predicted octanol–water partition coefficient (Wildman–Crippen LogP) is 3.78. The highest BCUT2D eigenvalue weighted by Crippen LogP contribution is 2.46. The first kappa shape index (κ1) is 22.3. The van der Waals surface area contributed by atoms with Crippen molar-refractivity contribution in [2.24, 2.45) is 0 Å². The van der Waals surface area contributed by atoms with Gasteiger partial charge in [0, 0.05) is 56.1 Å². The number of carbonyl (C=O) groups excluding carboxylic acids is 2. The third-order valence-corrected chi connectivity index (χ3v) is 7.72. The number of anilines is 1. The maximum absolute atomic E-state index is 14.1. The second-order valence-corrected chi connectivity index (χ2v) is 9.54. The maximum Gasteiger partial charge on any atom is 0.269 e. The van der Waals surface area contributed by atoms with E-state index in [-0.39, 0.29) is 23.5 Å². The highest BCUT2D eigenvalue weighted by molar-refractivity contribution is 6.01. The quantitative estimate of drug-likeness (QED) is 0.419. The molecule has 3 aromatic rings. The summed E-state index contributed by atoms with van der Waals surface area (Å²) in [6, 6.07) is 21.9. The number of fused-ring (bicyclic) bond motifs is 4. The Morgan fingerprint density at radius 1 is 0.833 bits per heavy atom. The number of piperazine rings is 1. The van der Waals surface area contributed by atoms with E-state index in [0.717, 1.165) is 23.2 Å². The molecule has 0 saturated carbocycles. The van der Waals surface area contributed by atoms with Gasteiger partial charge < -0.3 is 14.7 Å². The summed E-state index contributed by atoms with van der Waals surface area (Å²) in [6.45, 7) is 2.99. The first-order valence-corrected chi connectivity index (χ1v) is 12.3. The van der Waals surface area contributed by atoms with Crippen molar-refractivity contribution in [3.63, 3.8) is 0 Å². The maximum atomic E-state index is 14.1. The number of amides is 2. The SMILES string of the molecule is O=C([C@@H]1c2ccccc2C(=O)N2CCc3ccccc3[C@@H]12)N1CCN(c2ccc([N+](=O)[O-])cc2)CC1. The molecule has 0 radical (unpaired) electrons. The molecule has 0 bridgehead atoms. The zero-order valence-corrected chi connectivity index (χ0v) is 19.7. The lowest BCUT2D eigenvalue weighted by atomic mass is 9.75. The average Bonchev–Trinajstić information content (AvgIpc) is 2.93. The normalized spacial score (nSPS) is 20.9. The van der Waals surface area contributed by atoms with Crippen LogP contribution in [0.1, 0.15) is 39.0 Å². The fraction of sp³-hybridized carbons (Fsp3) is 0.286. The Bertz CT molecular complexity index is 1350. The van der Waals surface area contributed by atoms with Crippen LogP contribution >= 0.6 is 0 Å². The van der Waals surface area contributed by atoms with Gasteiger partial charge in [-0.15, -0.1) is 0 Å². The Morgan fingerprint density at radius 2 is 1.50 bits per heavy atom. The molecule has 0 spiro atoms. The number of non-ortho nitro benzene ring substituents is 1. The van der Waals surface area contributed by atoms with Crippen LogP contribution in [0, 0.1) is 10.1 Å². The van der Waals surface area contributed by atoms with Gasteiger partial charge >= 0.3 is 0 Å². The van der Waals surface area contributed by atoms with E-state index in [1.165, 1.54) is 17.7 Å². The van der Waals surface area contributed by atoms with Gasteiger partial charge in [0.2, 0.25) is 5.91 Å². The Kier molecular flexibility index (Phi) is 5.44. The fourth-order valence-corrected chi connectivity index (χ4v) is 5.91. The van der Waals surface area contributed by atoms with E-state index in [9.17, 15) is 19.7 Å². The van der Waals surface area contributed by atoms with Crippen LogP contribution in [0.15, 0.2) is 72.8 Å². The Labute approximate surface area is 208 Å². The molecule has 0 unspecified atom stereocenters. The molecule has 3 aromatic carbocycles. The molecule has 0 aliphatic carbocycles. The van der Waals surface area contributed by atoms with Gasteiger partial charge in [-0.25, -0.2) is 0 Å². The first-order valence-electron chi connectivity index (χ1n) is 12.3. The van der Waals surface area contributed by atoms with Gasteiger partial charge in [0.05, 0.1) is 16.9 Å². The van der Waals surface area contributed by atoms with Crippen LogP contribution in [0.2, 0.25) is 0 Å². The summed E-state index contributed by atoms with van der Waals surface area (Å²) < 4.78 is 0. The highest BCUT2D eigenvalue weighted by Gasteiger charge is 2.47. The van der Waals surface area contributed by atoms with Crippen molar-refractivity contribution >= 4 is 23.2 Å². The third kappa shape index (κ3) is 3.61. The minimum atomic E-state index is -0.453. The summed E-state index contributed by atoms with van der Waals surface area (Å²) in [4.78, 5) is 44.1. The van der Waals surface area contributed by atoms with Gasteiger partial charge in [0.1, 0.15) is 0 Å². The van der Waals surface area contributed by atoms with Crippen molar-refractivity contribution in [3.8, 4) is 0 Å². The zero-order chi connectivity index (χ0) is 24.8. The van der Waals surface area contributed by atoms with E-state index in [2.05, 4.69) is 17.0 Å². The Balaban J connectivity index is 1.29. The monoisotopic (exact) mass is 482 g/mol. The zero-order valence-electron chi connectivity index (χ0n) is 19.7. The van der Waals surface area contributed by atoms with Gasteiger partial charge in [-0.1, -0.05) is 42.5 Å². The number of hydrogen-bond donors (Lipinski definition) is 0. The number of nitro benzene ring substituents is 1. The molecule has 3 heterocycles. The lowest BCUT2D eigenvalue weighted by Crippen LogP contribution is -2.54. The minimum absolute atomic E-state index is 0.00264. The molecule has 1 saturated heterocycles. The van der Waals surface area contributed by atoms with E-state index >= 15 is 0 Å². The molecular weight excluding hydrogens is 456 g/mol. The number of rotatable bonds is 3. The molecule has 2 amide bonds. The topological polar surface area (TPSA) is 87.0 Å². The highest BCUT2D eigenvalue weighted by atomic mass is 16.6. The van der Waals surface area contributed by atoms with Crippen LogP contribution in [0.4, 0.5) is 11.4 Å². The summed E-state index contributed by atoms with van der Waals surface area (Å²) >= 11 is 0. The molecule has 182 valence electrons. The van der Waals surface area contributed by atoms with Crippen molar-refractivity contribution in [1.29, 1.82) is 0 Å². The first-order chi connectivity index (χ1) is 17.5. The lowest BCUT2D eigenvalue weighted by molar-refractivity contribution is -0.384. The molecule has 36 heavy (non-hydrogen) atoms. The molecular formula is C28H26N4O4. The Hall–Kier alpha value is -4.20. The average molecular weight is 483 g/mol. The molecule has 0 N–H and O–H groups in total. The Morgan fingerprint density at radius 3 is 2.22 bits per heavy atom. The summed E-state index contributed by atoms with van der Waals surface area (Å²) in [6.07, 6.45) is 0.787. The fourth-order valence-electron chi connectivity index (χ4n) is 5.91. The molecule has 0 aromatic heterocycles. The van der Waals surface area contributed by atoms with Gasteiger partial charge in [0.15, 0.2) is 0 Å². The van der Waals surface area contributed by atoms with Gasteiger partial charge in [-0.2, -0.15) is 0 Å². The van der Waals surface area contributed by atoms with Crippen LogP contribution < -0.4 is 4.90 Å². The van der Waals surface area contributed by atoms with Crippen LogP contribution in [0.5, 0.6) is 0 Å². The summed E-state index contributed by atoms with van der Waals surface area (Å²) in [5.41, 5.74) is 4.67. The minimum Gasteiger partial charge on any atom is -0.368 e. The van der Waals surface area contributed by atoms with Crippen molar-refractivity contribution in [1.82, 2.24) is 9.80 Å². The number of hydrogen-bond acceptors (Lipinski definition) is 5. The largest absolute Gasteiger partial charge is 0.368 e. The molecule has 3 aliphatic rings. The number of nitrogens with zero attached hydrogens (tertiary/aromatic N) is 4. The van der Waals surface area contributed by atoms with Crippen LogP contribution in [0.3, 0.4) is 0 Å². The summed E-state index contributed by atoms with van der Waals surface area (Å²) in [5, 5.41) is 11.0. The van der Waals surface area contributed by atoms with E-state index in [1.54, 1.807) is 12.1 Å². The van der Waals surface area contributed by atoms with E-state index in [0.29, 0.717) is 38.3 Å². The van der Waals surface area contributed by atoms with Crippen LogP contribution in [-0.2, 0) is 11.2 Å². The number of carbonyl (C=O) groups is 2. The van der Waals surface area contributed by atoms with Crippen LogP contribution in [0.25, 0.3) is 0 Å². The van der Waals surface area contributed by atoms with E-state index in [4.69, 9.17) is 0 Å². The van der Waals surface area contributed by atoms with Gasteiger partial charge in [-0.05, 0) is 41.3 Å². The molecule has 6 rings (SSSR count). The molecule has 1 fully saturated rings. The van der Waals surface area contributed by atoms with Gasteiger partial charge in [-0.3, -0.25) is 19.7 Å². The van der Waals surface area contributed by atoms with E-state index in [1.807, 2.05) is 46.2 Å². The lowest BCUT2D eigenvalue weighted by Gasteiger charge is -2.47. The third-order valence-electron chi connectivity index (χ3n) is 7.72. The van der Waals surface area contributed by atoms with Crippen molar-refractivity contribution < 1.29 is 14.5 Å². The standard InChI is InChI=1S/C28H26N4O4/c33-27-24-8-4-3-7-23(24)25(26-22-6-2-1-5-19(22)13-14-31(26)27)28(34)30-17-15-29(16-18-30)20-9-11-21(12-10-20)32(35)36/h1-12,25-26H,13-18H2/t25-,26+/m1/s1. The molecule has 3 aliphatic heterocycles. The number of nitro groups is 1.